The van der Waals surface area contributed by atoms with E-state index < -0.39 is 0 Å². The predicted octanol–water partition coefficient (Wildman–Crippen LogP) is 7.93. The fraction of sp³-hybridized carbons (Fsp3) is 0.200. The number of nitrogens with zero attached hydrogens (tertiary/aromatic N) is 6. The second-order valence-electron chi connectivity index (χ2n) is 9.94. The average Bonchev–Trinajstić information content (AvgIpc) is 3.35. The number of rotatable bonds is 8. The molecule has 3 aromatic carbocycles. The molecule has 0 atom stereocenters. The molecule has 1 saturated heterocycles. The van der Waals surface area contributed by atoms with Crippen molar-refractivity contribution in [3.05, 3.63) is 97.0 Å². The number of morpholine rings is 1. The first kappa shape index (κ1) is 29.7. The summed E-state index contributed by atoms with van der Waals surface area (Å²) in [6.07, 6.45) is 3.81. The summed E-state index contributed by atoms with van der Waals surface area (Å²) in [6.45, 7) is 5.11. The van der Waals surface area contributed by atoms with E-state index in [1.807, 2.05) is 49.4 Å². The Labute approximate surface area is 272 Å². The molecule has 6 rings (SSSR count). The van der Waals surface area contributed by atoms with Gasteiger partial charge in [0.05, 0.1) is 35.2 Å². The van der Waals surface area contributed by atoms with E-state index in [2.05, 4.69) is 74.5 Å². The minimum absolute atomic E-state index is 0.295. The second-order valence-corrected chi connectivity index (χ2v) is 12.0. The summed E-state index contributed by atoms with van der Waals surface area (Å²) < 4.78 is 8.51. The smallest absolute Gasteiger partial charge is 0.250 e. The summed E-state index contributed by atoms with van der Waals surface area (Å²) in [5, 5.41) is 10.5. The highest BCUT2D eigenvalue weighted by Gasteiger charge is 2.18. The van der Waals surface area contributed by atoms with E-state index in [0.29, 0.717) is 65.8 Å². The number of anilines is 4. The van der Waals surface area contributed by atoms with E-state index in [-0.39, 0.29) is 0 Å². The summed E-state index contributed by atoms with van der Waals surface area (Å²) in [4.78, 5) is 15.9. The van der Waals surface area contributed by atoms with Crippen LogP contribution in [-0.2, 0) is 11.3 Å². The van der Waals surface area contributed by atoms with E-state index in [0.717, 1.165) is 37.8 Å². The molecule has 9 nitrogen and oxygen atoms in total. The van der Waals surface area contributed by atoms with Crippen LogP contribution in [0.15, 0.2) is 70.4 Å². The maximum absolute atomic E-state index is 6.38. The van der Waals surface area contributed by atoms with E-state index >= 15 is 0 Å². The first-order valence-corrected chi connectivity index (χ1v) is 15.4. The van der Waals surface area contributed by atoms with Crippen molar-refractivity contribution in [3.63, 3.8) is 0 Å². The number of hydrazone groups is 1. The largest absolute Gasteiger partial charge is 0.378 e. The van der Waals surface area contributed by atoms with Crippen LogP contribution in [0.2, 0.25) is 15.1 Å². The Morgan fingerprint density at radius 3 is 2.56 bits per heavy atom. The molecule has 0 unspecified atom stereocenters. The number of para-hydroxylation sites is 1. The van der Waals surface area contributed by atoms with E-state index in [9.17, 15) is 0 Å². The molecule has 0 aliphatic carbocycles. The molecule has 0 bridgehead atoms. The highest BCUT2D eigenvalue weighted by molar-refractivity contribution is 9.10. The Kier molecular flexibility index (Phi) is 9.01. The van der Waals surface area contributed by atoms with Crippen LogP contribution in [0.3, 0.4) is 0 Å². The average molecular weight is 701 g/mol. The Hall–Kier alpha value is -3.41. The van der Waals surface area contributed by atoms with Crippen molar-refractivity contribution in [2.24, 2.45) is 5.10 Å². The Balaban J connectivity index is 1.28. The second kappa shape index (κ2) is 13.1. The lowest BCUT2D eigenvalue weighted by atomic mass is 10.2. The van der Waals surface area contributed by atoms with Gasteiger partial charge in [-0.1, -0.05) is 59.1 Å². The van der Waals surface area contributed by atoms with Gasteiger partial charge in [0.1, 0.15) is 0 Å². The van der Waals surface area contributed by atoms with Crippen molar-refractivity contribution >= 4 is 91.4 Å². The highest BCUT2D eigenvalue weighted by atomic mass is 79.9. The molecule has 0 radical (unpaired) electrons. The fourth-order valence-corrected chi connectivity index (χ4v) is 5.78. The summed E-state index contributed by atoms with van der Waals surface area (Å²) in [5.74, 6) is 1.17. The van der Waals surface area contributed by atoms with Gasteiger partial charge in [0, 0.05) is 51.8 Å². The molecule has 2 aromatic heterocycles. The lowest BCUT2D eigenvalue weighted by molar-refractivity contribution is 0.122. The van der Waals surface area contributed by atoms with E-state index in [1.165, 1.54) is 0 Å². The zero-order valence-corrected chi connectivity index (χ0v) is 26.8. The molecule has 0 amide bonds. The molecule has 13 heteroatoms. The van der Waals surface area contributed by atoms with Gasteiger partial charge in [0.15, 0.2) is 0 Å². The van der Waals surface area contributed by atoms with Crippen LogP contribution < -0.4 is 15.6 Å². The van der Waals surface area contributed by atoms with Gasteiger partial charge < -0.3 is 19.5 Å². The molecule has 1 aliphatic rings. The van der Waals surface area contributed by atoms with Gasteiger partial charge in [-0.3, -0.25) is 0 Å². The zero-order valence-electron chi connectivity index (χ0n) is 23.0. The van der Waals surface area contributed by atoms with Crippen LogP contribution in [-0.4, -0.2) is 52.0 Å². The van der Waals surface area contributed by atoms with Gasteiger partial charge in [-0.2, -0.15) is 20.1 Å². The Bertz CT molecular complexity index is 1820. The topological polar surface area (TPSA) is 92.5 Å². The minimum atomic E-state index is 0.295. The standard InChI is InChI=1S/C30H26BrCl3N8O/c1-18-12-22(31)26(14-24(18)33)36-28-37-29(39-30(38-28)41-8-10-43-11-9-41)40-35-15-20-17-42(27-5-3-2-4-21(20)27)16-19-6-7-23(32)25(34)13-19/h2-7,12-15,17H,8-11,16H2,1H3,(H2,36,37,38,39,40)/b35-15+. The number of aryl methyl sites for hydroxylation is 1. The molecule has 2 N–H and O–H groups in total. The van der Waals surface area contributed by atoms with Crippen molar-refractivity contribution in [3.8, 4) is 0 Å². The maximum Gasteiger partial charge on any atom is 0.250 e. The number of ether oxygens (including phenoxy) is 1. The number of hydrogen-bond donors (Lipinski definition) is 2. The number of halogens is 4. The van der Waals surface area contributed by atoms with Crippen LogP contribution in [0.5, 0.6) is 0 Å². The third-order valence-electron chi connectivity index (χ3n) is 6.94. The van der Waals surface area contributed by atoms with Crippen LogP contribution in [0.1, 0.15) is 16.7 Å². The SMILES string of the molecule is Cc1cc(Br)c(Nc2nc(N/N=C/c3cn(Cc4ccc(Cl)c(Cl)c4)c4ccccc34)nc(N3CCOCC3)n2)cc1Cl. The fourth-order valence-electron chi connectivity index (χ4n) is 4.74. The third kappa shape index (κ3) is 6.89. The maximum atomic E-state index is 6.38. The Morgan fingerprint density at radius 1 is 0.953 bits per heavy atom. The van der Waals surface area contributed by atoms with Gasteiger partial charge in [0.2, 0.25) is 17.8 Å². The van der Waals surface area contributed by atoms with Gasteiger partial charge in [0.25, 0.3) is 0 Å². The van der Waals surface area contributed by atoms with Gasteiger partial charge >= 0.3 is 0 Å². The quantitative estimate of drug-likeness (QED) is 0.126. The van der Waals surface area contributed by atoms with Crippen molar-refractivity contribution in [1.82, 2.24) is 19.5 Å². The number of aromatic nitrogens is 4. The molecule has 0 spiro atoms. The molecule has 3 heterocycles. The van der Waals surface area contributed by atoms with Crippen molar-refractivity contribution < 1.29 is 4.74 Å². The number of hydrogen-bond acceptors (Lipinski definition) is 8. The molecule has 0 saturated carbocycles. The van der Waals surface area contributed by atoms with Crippen molar-refractivity contribution in [1.29, 1.82) is 0 Å². The molecular weight excluding hydrogens is 675 g/mol. The highest BCUT2D eigenvalue weighted by Crippen LogP contribution is 2.31. The summed E-state index contributed by atoms with van der Waals surface area (Å²) in [6, 6.07) is 17.6. The number of benzene rings is 3. The Morgan fingerprint density at radius 2 is 1.74 bits per heavy atom. The van der Waals surface area contributed by atoms with E-state index in [4.69, 9.17) is 39.5 Å². The molecule has 1 fully saturated rings. The van der Waals surface area contributed by atoms with Crippen molar-refractivity contribution in [2.75, 3.05) is 41.9 Å². The normalized spacial score (nSPS) is 13.7. The minimum Gasteiger partial charge on any atom is -0.378 e. The summed E-state index contributed by atoms with van der Waals surface area (Å²) >= 11 is 22.4. The number of fused-ring (bicyclic) bond motifs is 1. The summed E-state index contributed by atoms with van der Waals surface area (Å²) in [7, 11) is 0. The lowest BCUT2D eigenvalue weighted by Gasteiger charge is -2.27. The molecule has 5 aromatic rings. The lowest BCUT2D eigenvalue weighted by Crippen LogP contribution is -2.37. The van der Waals surface area contributed by atoms with Crippen LogP contribution in [0, 0.1) is 6.92 Å². The number of nitrogens with one attached hydrogen (secondary N) is 2. The van der Waals surface area contributed by atoms with Crippen LogP contribution in [0.4, 0.5) is 23.5 Å². The zero-order chi connectivity index (χ0) is 29.9. The molecule has 220 valence electrons. The van der Waals surface area contributed by atoms with Crippen LogP contribution in [0.25, 0.3) is 10.9 Å². The summed E-state index contributed by atoms with van der Waals surface area (Å²) in [5.41, 5.74) is 7.74. The monoisotopic (exact) mass is 698 g/mol. The first-order valence-electron chi connectivity index (χ1n) is 13.5. The van der Waals surface area contributed by atoms with E-state index in [1.54, 1.807) is 6.21 Å². The van der Waals surface area contributed by atoms with Gasteiger partial charge in [-0.05, 0) is 64.3 Å². The van der Waals surface area contributed by atoms with Crippen molar-refractivity contribution in [2.45, 2.75) is 13.5 Å². The molecule has 43 heavy (non-hydrogen) atoms. The van der Waals surface area contributed by atoms with Gasteiger partial charge in [-0.15, -0.1) is 0 Å². The van der Waals surface area contributed by atoms with Gasteiger partial charge in [-0.25, -0.2) is 5.43 Å². The third-order valence-corrected chi connectivity index (χ3v) is 8.74. The predicted molar refractivity (Wildman–Crippen MR) is 179 cm³/mol. The molecular formula is C30H26BrCl3N8O. The van der Waals surface area contributed by atoms with Crippen LogP contribution >= 0.6 is 50.7 Å². The first-order chi connectivity index (χ1) is 20.8. The molecule has 1 aliphatic heterocycles.